The molecule has 0 fully saturated rings. The highest BCUT2D eigenvalue weighted by atomic mass is 32.1. The highest BCUT2D eigenvalue weighted by Crippen LogP contribution is 2.61. The first kappa shape index (κ1) is 68.0. The quantitative estimate of drug-likeness (QED) is 0.156. The summed E-state index contributed by atoms with van der Waals surface area (Å²) < 4.78 is 32.1. The summed E-state index contributed by atoms with van der Waals surface area (Å²) in [5, 5.41) is 24.1. The first-order valence-corrected chi connectivity index (χ1v) is 43.6. The standard InChI is InChI=1S/C63H36O2S.C53H32O2S/c1-3-15-39(16-4-1)63(40-17-5-2-6-18-40)49-25-13-11-23-45(49)59-50(63)30-32-52-60(59)46-29-27-38(36-54(46)65-52)58-43-21-9-7-19-41(43)57(42-20-8-10-22-44(42)58)37-28-31-51-48(35-37)61-53(64-51)33-34-56-62(61)47-24-12-14-26-55(47)66-56;1-53(2)39-17-9-7-15-35(39)49-40(53)23-24-41-50(49)36-21-19-29(27-43(36)54-41)47-31-11-3-5-13-33(31)48(34-14-6-4-12-32(34)47)30-20-22-37-44(28-30)55-42-25-26-46-52(51(37)42)38-16-8-10-18-45(38)56-46/h1-36H;3-28H,1-2H3. The fourth-order valence-corrected chi connectivity index (χ4v) is 24.4. The van der Waals surface area contributed by atoms with Crippen LogP contribution in [0.25, 0.3) is 238 Å². The summed E-state index contributed by atoms with van der Waals surface area (Å²) >= 11 is 3.69. The zero-order valence-corrected chi connectivity index (χ0v) is 67.9. The minimum Gasteiger partial charge on any atom is -0.456 e. The molecule has 568 valence electrons. The van der Waals surface area contributed by atoms with Crippen LogP contribution < -0.4 is 0 Å². The lowest BCUT2D eigenvalue weighted by molar-refractivity contribution is 0.656. The first-order chi connectivity index (χ1) is 60.3. The van der Waals surface area contributed by atoms with Crippen LogP contribution in [0, 0.1) is 0 Å². The lowest BCUT2D eigenvalue weighted by Crippen LogP contribution is -2.28. The number of benzene rings is 20. The van der Waals surface area contributed by atoms with Crippen molar-refractivity contribution in [2.24, 2.45) is 0 Å². The highest BCUT2D eigenvalue weighted by molar-refractivity contribution is 7.26. The Kier molecular flexibility index (Phi) is 14.1. The molecule has 0 spiro atoms. The molecule has 20 aromatic carbocycles. The van der Waals surface area contributed by atoms with E-state index in [-0.39, 0.29) is 5.41 Å². The van der Waals surface area contributed by atoms with Crippen molar-refractivity contribution in [3.63, 3.8) is 0 Å². The second-order valence-corrected chi connectivity index (χ2v) is 35.8. The molecular weight excluding hydrogens is 1520 g/mol. The van der Waals surface area contributed by atoms with E-state index in [0.29, 0.717) is 0 Å². The molecule has 0 amide bonds. The minimum atomic E-state index is -0.481. The Bertz CT molecular complexity index is 8920. The van der Waals surface area contributed by atoms with Gasteiger partial charge in [0.05, 0.1) is 5.41 Å². The Morgan fingerprint density at radius 1 is 0.189 bits per heavy atom. The van der Waals surface area contributed by atoms with Crippen LogP contribution in [-0.2, 0) is 10.8 Å². The molecule has 6 heteroatoms. The summed E-state index contributed by atoms with van der Waals surface area (Å²) in [7, 11) is 0. The maximum absolute atomic E-state index is 6.96. The van der Waals surface area contributed by atoms with Crippen molar-refractivity contribution < 1.29 is 17.7 Å². The Balaban J connectivity index is 0.000000130. The molecule has 6 heterocycles. The third-order valence-electron chi connectivity index (χ3n) is 27.2. The molecule has 0 saturated heterocycles. The summed E-state index contributed by atoms with van der Waals surface area (Å²) in [6.07, 6.45) is 0. The molecule has 0 unspecified atom stereocenters. The maximum Gasteiger partial charge on any atom is 0.136 e. The molecule has 0 bridgehead atoms. The van der Waals surface area contributed by atoms with Gasteiger partial charge < -0.3 is 17.7 Å². The van der Waals surface area contributed by atoms with Gasteiger partial charge in [-0.25, -0.2) is 0 Å². The lowest BCUT2D eigenvalue weighted by Gasteiger charge is -2.33. The topological polar surface area (TPSA) is 52.6 Å². The maximum atomic E-state index is 6.96. The zero-order valence-electron chi connectivity index (χ0n) is 66.2. The monoisotopic (exact) mass is 1590 g/mol. The molecule has 28 rings (SSSR count). The van der Waals surface area contributed by atoms with Crippen molar-refractivity contribution in [1.29, 1.82) is 0 Å². The van der Waals surface area contributed by atoms with Crippen molar-refractivity contribution >= 4 is 194 Å². The van der Waals surface area contributed by atoms with Crippen LogP contribution in [0.2, 0.25) is 0 Å². The van der Waals surface area contributed by atoms with Gasteiger partial charge in [0.1, 0.15) is 44.7 Å². The van der Waals surface area contributed by atoms with Crippen LogP contribution in [0.5, 0.6) is 0 Å². The van der Waals surface area contributed by atoms with Gasteiger partial charge in [-0.3, -0.25) is 0 Å². The number of hydrogen-bond donors (Lipinski definition) is 0. The van der Waals surface area contributed by atoms with Gasteiger partial charge in [0.25, 0.3) is 0 Å². The van der Waals surface area contributed by atoms with Gasteiger partial charge in [-0.2, -0.15) is 0 Å². The van der Waals surface area contributed by atoms with Crippen molar-refractivity contribution in [1.82, 2.24) is 0 Å². The number of hydrogen-bond acceptors (Lipinski definition) is 6. The van der Waals surface area contributed by atoms with Crippen molar-refractivity contribution in [3.05, 3.63) is 409 Å². The average Bonchev–Trinajstić information content (AvgIpc) is 1.52. The molecule has 0 saturated carbocycles. The smallest absolute Gasteiger partial charge is 0.136 e. The SMILES string of the molecule is CC1(C)c2ccccc2-c2c1ccc1oc3cc(-c4c5ccccc5c(-c5ccc6c(c5)oc5ccc7sc8ccccc8c7c56)c5ccccc45)ccc3c21.c1ccc(C2(c3ccccc3)c3ccccc3-c3c2ccc2oc4cc(-c5c6ccccc6c(-c6ccc7oc8ccc9sc%10ccccc%10c9c8c7c6)c6ccccc56)ccc4c32)cc1. The van der Waals surface area contributed by atoms with Crippen molar-refractivity contribution in [2.45, 2.75) is 24.7 Å². The molecule has 122 heavy (non-hydrogen) atoms. The van der Waals surface area contributed by atoms with Crippen LogP contribution in [0.15, 0.2) is 394 Å². The third-order valence-corrected chi connectivity index (χ3v) is 29.5. The van der Waals surface area contributed by atoms with Crippen LogP contribution in [0.4, 0.5) is 0 Å². The summed E-state index contributed by atoms with van der Waals surface area (Å²) in [6, 6.07) is 138. The van der Waals surface area contributed by atoms with Gasteiger partial charge in [0, 0.05) is 88.8 Å². The van der Waals surface area contributed by atoms with E-state index in [4.69, 9.17) is 17.7 Å². The molecule has 2 aliphatic rings. The summed E-state index contributed by atoms with van der Waals surface area (Å²) in [4.78, 5) is 0. The molecule has 6 aromatic heterocycles. The lowest BCUT2D eigenvalue weighted by atomic mass is 9.67. The fourth-order valence-electron chi connectivity index (χ4n) is 22.1. The van der Waals surface area contributed by atoms with Gasteiger partial charge >= 0.3 is 0 Å². The molecule has 2 aliphatic carbocycles. The zero-order chi connectivity index (χ0) is 80.0. The van der Waals surface area contributed by atoms with Gasteiger partial charge in [-0.05, 0) is 240 Å². The van der Waals surface area contributed by atoms with Gasteiger partial charge in [-0.1, -0.05) is 293 Å². The van der Waals surface area contributed by atoms with E-state index in [1.165, 1.54) is 183 Å². The summed E-state index contributed by atoms with van der Waals surface area (Å²) in [6.45, 7) is 4.67. The second-order valence-electron chi connectivity index (χ2n) is 33.7. The predicted molar refractivity (Wildman–Crippen MR) is 514 cm³/mol. The Morgan fingerprint density at radius 2 is 0.508 bits per heavy atom. The van der Waals surface area contributed by atoms with Crippen LogP contribution in [0.1, 0.15) is 47.2 Å². The van der Waals surface area contributed by atoms with E-state index in [1.54, 1.807) is 0 Å². The van der Waals surface area contributed by atoms with E-state index in [0.717, 1.165) is 88.3 Å². The van der Waals surface area contributed by atoms with Crippen LogP contribution >= 0.6 is 22.7 Å². The van der Waals surface area contributed by atoms with Gasteiger partial charge in [-0.15, -0.1) is 22.7 Å². The van der Waals surface area contributed by atoms with Gasteiger partial charge in [0.15, 0.2) is 0 Å². The van der Waals surface area contributed by atoms with E-state index in [2.05, 4.69) is 390 Å². The van der Waals surface area contributed by atoms with Crippen LogP contribution in [-0.4, -0.2) is 0 Å². The van der Waals surface area contributed by atoms with Crippen molar-refractivity contribution in [2.75, 3.05) is 0 Å². The molecule has 0 radical (unpaired) electrons. The average molecular weight is 1590 g/mol. The minimum absolute atomic E-state index is 0.0659. The number of rotatable bonds is 6. The molecule has 4 nitrogen and oxygen atoms in total. The molecule has 0 atom stereocenters. The Morgan fingerprint density at radius 3 is 0.967 bits per heavy atom. The molecule has 26 aromatic rings. The largest absolute Gasteiger partial charge is 0.456 e. The number of furan rings is 4. The fraction of sp³-hybridized carbons (Fsp3) is 0.0345. The predicted octanol–water partition coefficient (Wildman–Crippen LogP) is 33.7. The van der Waals surface area contributed by atoms with Crippen LogP contribution in [0.3, 0.4) is 0 Å². The van der Waals surface area contributed by atoms with E-state index in [1.807, 2.05) is 22.7 Å². The van der Waals surface area contributed by atoms with E-state index in [9.17, 15) is 0 Å². The van der Waals surface area contributed by atoms with E-state index < -0.39 is 5.41 Å². The highest BCUT2D eigenvalue weighted by Gasteiger charge is 2.47. The summed E-state index contributed by atoms with van der Waals surface area (Å²) in [5.41, 5.74) is 29.1. The van der Waals surface area contributed by atoms with E-state index >= 15 is 0 Å². The summed E-state index contributed by atoms with van der Waals surface area (Å²) in [5.74, 6) is 0. The normalized spacial score (nSPS) is 13.5. The number of fused-ring (bicyclic) bond motifs is 32. The molecular formula is C116H68O4S2. The molecule has 0 N–H and O–H groups in total. The Labute approximate surface area is 707 Å². The number of thiophene rings is 2. The first-order valence-electron chi connectivity index (χ1n) is 42.0. The van der Waals surface area contributed by atoms with Crippen molar-refractivity contribution in [3.8, 4) is 66.8 Å². The molecule has 0 aliphatic heterocycles. The second kappa shape index (κ2) is 25.3. The Hall–Kier alpha value is -14.9. The van der Waals surface area contributed by atoms with Gasteiger partial charge in [0.2, 0.25) is 0 Å². The third kappa shape index (κ3) is 9.34.